The van der Waals surface area contributed by atoms with E-state index in [1.54, 1.807) is 0 Å². The van der Waals surface area contributed by atoms with E-state index in [-0.39, 0.29) is 0 Å². The fraction of sp³-hybridized carbons (Fsp3) is 1.00. The van der Waals surface area contributed by atoms with E-state index >= 15 is 0 Å². The molecule has 0 rings (SSSR count). The van der Waals surface area contributed by atoms with Gasteiger partial charge in [0.1, 0.15) is 0 Å². The van der Waals surface area contributed by atoms with E-state index in [1.165, 1.54) is 14.2 Å². The fourth-order valence-electron chi connectivity index (χ4n) is 0.920. The Bertz CT molecular complexity index is 110. The quantitative estimate of drug-likeness (QED) is 0.627. The Hall–Kier alpha value is -0.120. The Morgan fingerprint density at radius 1 is 1.33 bits per heavy atom. The topological polar surface area (TPSA) is 38.7 Å². The monoisotopic (exact) mass is 176 g/mol. The lowest BCUT2D eigenvalue weighted by Crippen LogP contribution is -2.33. The van der Waals surface area contributed by atoms with Gasteiger partial charge in [0, 0.05) is 20.6 Å². The molecule has 3 nitrogen and oxygen atoms in total. The third-order valence-corrected chi connectivity index (χ3v) is 2.29. The first-order chi connectivity index (χ1) is 5.58. The summed E-state index contributed by atoms with van der Waals surface area (Å²) in [5, 5.41) is 9.53. The maximum atomic E-state index is 9.53. The number of methoxy groups -OCH3 is 2. The number of hydrogen-bond donors (Lipinski definition) is 1. The second-order valence-corrected chi connectivity index (χ2v) is 3.17. The van der Waals surface area contributed by atoms with E-state index < -0.39 is 5.97 Å². The number of rotatable bonds is 6. The maximum absolute atomic E-state index is 9.53. The molecular formula is C9H20O3. The summed E-state index contributed by atoms with van der Waals surface area (Å²) in [4.78, 5) is 0. The zero-order valence-electron chi connectivity index (χ0n) is 8.46. The molecule has 12 heavy (non-hydrogen) atoms. The van der Waals surface area contributed by atoms with E-state index in [0.717, 1.165) is 12.8 Å². The lowest BCUT2D eigenvalue weighted by Gasteiger charge is -2.25. The highest BCUT2D eigenvalue weighted by Gasteiger charge is 2.25. The molecule has 0 aliphatic rings. The van der Waals surface area contributed by atoms with Gasteiger partial charge < -0.3 is 14.6 Å². The molecule has 1 unspecified atom stereocenters. The van der Waals surface area contributed by atoms with Gasteiger partial charge in [-0.25, -0.2) is 0 Å². The molecule has 1 N–H and O–H groups in total. The number of aliphatic hydroxyl groups is 1. The van der Waals surface area contributed by atoms with Crippen LogP contribution in [0.3, 0.4) is 0 Å². The highest BCUT2D eigenvalue weighted by atomic mass is 16.8. The molecule has 0 bridgehead atoms. The molecule has 0 amide bonds. The van der Waals surface area contributed by atoms with Crippen molar-refractivity contribution in [1.82, 2.24) is 0 Å². The summed E-state index contributed by atoms with van der Waals surface area (Å²) in [5.74, 6) is -0.787. The SMILES string of the molecule is CCC(C)CCC(O)(OC)OC. The van der Waals surface area contributed by atoms with E-state index in [9.17, 15) is 5.11 Å². The lowest BCUT2D eigenvalue weighted by molar-refractivity contribution is -0.343. The summed E-state index contributed by atoms with van der Waals surface area (Å²) < 4.78 is 9.63. The Balaban J connectivity index is 3.72. The molecule has 0 aromatic carbocycles. The molecule has 0 saturated heterocycles. The van der Waals surface area contributed by atoms with E-state index in [0.29, 0.717) is 12.3 Å². The molecule has 3 heteroatoms. The zero-order valence-corrected chi connectivity index (χ0v) is 8.46. The van der Waals surface area contributed by atoms with Gasteiger partial charge in [-0.15, -0.1) is 0 Å². The summed E-state index contributed by atoms with van der Waals surface area (Å²) in [6.45, 7) is 4.27. The Morgan fingerprint density at radius 2 is 1.83 bits per heavy atom. The summed E-state index contributed by atoms with van der Waals surface area (Å²) in [7, 11) is 2.89. The van der Waals surface area contributed by atoms with Crippen LogP contribution in [0.1, 0.15) is 33.1 Å². The Morgan fingerprint density at radius 3 is 2.17 bits per heavy atom. The maximum Gasteiger partial charge on any atom is 0.279 e. The molecule has 0 aliphatic carbocycles. The van der Waals surface area contributed by atoms with Crippen molar-refractivity contribution in [3.05, 3.63) is 0 Å². The molecule has 1 atom stereocenters. The smallest absolute Gasteiger partial charge is 0.279 e. The van der Waals surface area contributed by atoms with Crippen LogP contribution in [-0.4, -0.2) is 25.3 Å². The van der Waals surface area contributed by atoms with Gasteiger partial charge in [-0.3, -0.25) is 0 Å². The minimum atomic E-state index is -1.39. The average Bonchev–Trinajstić information content (AvgIpc) is 2.13. The third kappa shape index (κ3) is 4.04. The predicted octanol–water partition coefficient (Wildman–Crippen LogP) is 1.75. The minimum Gasteiger partial charge on any atom is -0.343 e. The standard InChI is InChI=1S/C9H20O3/c1-5-8(2)6-7-9(10,11-3)12-4/h8,10H,5-7H2,1-4H3. The molecule has 74 valence electrons. The normalized spacial score (nSPS) is 14.8. The van der Waals surface area contributed by atoms with Crippen LogP contribution in [0.5, 0.6) is 0 Å². The molecule has 0 aromatic heterocycles. The van der Waals surface area contributed by atoms with Crippen LogP contribution in [0, 0.1) is 5.92 Å². The van der Waals surface area contributed by atoms with Crippen molar-refractivity contribution < 1.29 is 14.6 Å². The lowest BCUT2D eigenvalue weighted by atomic mass is 10.0. The first-order valence-corrected chi connectivity index (χ1v) is 4.40. The largest absolute Gasteiger partial charge is 0.343 e. The molecular weight excluding hydrogens is 156 g/mol. The van der Waals surface area contributed by atoms with Gasteiger partial charge in [-0.1, -0.05) is 20.3 Å². The van der Waals surface area contributed by atoms with Gasteiger partial charge in [0.05, 0.1) is 0 Å². The third-order valence-electron chi connectivity index (χ3n) is 2.29. The van der Waals surface area contributed by atoms with E-state index in [1.807, 2.05) is 0 Å². The van der Waals surface area contributed by atoms with Crippen LogP contribution in [0.25, 0.3) is 0 Å². The first-order valence-electron chi connectivity index (χ1n) is 4.40. The number of ether oxygens (including phenoxy) is 2. The molecule has 0 aromatic rings. The van der Waals surface area contributed by atoms with Crippen LogP contribution in [-0.2, 0) is 9.47 Å². The summed E-state index contributed by atoms with van der Waals surface area (Å²) in [6.07, 6.45) is 2.55. The van der Waals surface area contributed by atoms with Crippen molar-refractivity contribution in [2.45, 2.75) is 39.1 Å². The van der Waals surface area contributed by atoms with Crippen LogP contribution in [0.2, 0.25) is 0 Å². The highest BCUT2D eigenvalue weighted by molar-refractivity contribution is 4.57. The van der Waals surface area contributed by atoms with Crippen LogP contribution >= 0.6 is 0 Å². The van der Waals surface area contributed by atoms with Gasteiger partial charge in [-0.05, 0) is 12.3 Å². The first kappa shape index (κ1) is 11.9. The Labute approximate surface area is 74.7 Å². The molecule has 0 radical (unpaired) electrons. The van der Waals surface area contributed by atoms with Crippen molar-refractivity contribution in [3.63, 3.8) is 0 Å². The second-order valence-electron chi connectivity index (χ2n) is 3.17. The second kappa shape index (κ2) is 5.51. The van der Waals surface area contributed by atoms with Crippen molar-refractivity contribution in [3.8, 4) is 0 Å². The summed E-state index contributed by atoms with van der Waals surface area (Å²) in [5.41, 5.74) is 0. The van der Waals surface area contributed by atoms with Crippen molar-refractivity contribution in [2.24, 2.45) is 5.92 Å². The van der Waals surface area contributed by atoms with Crippen LogP contribution in [0.4, 0.5) is 0 Å². The molecule has 0 heterocycles. The van der Waals surface area contributed by atoms with Crippen LogP contribution < -0.4 is 0 Å². The van der Waals surface area contributed by atoms with Gasteiger partial charge >= 0.3 is 0 Å². The van der Waals surface area contributed by atoms with Gasteiger partial charge in [0.2, 0.25) is 0 Å². The van der Waals surface area contributed by atoms with E-state index in [2.05, 4.69) is 13.8 Å². The van der Waals surface area contributed by atoms with Crippen LogP contribution in [0.15, 0.2) is 0 Å². The molecule has 0 aliphatic heterocycles. The van der Waals surface area contributed by atoms with Gasteiger partial charge in [0.15, 0.2) is 0 Å². The predicted molar refractivity (Wildman–Crippen MR) is 47.7 cm³/mol. The van der Waals surface area contributed by atoms with Gasteiger partial charge in [0.25, 0.3) is 5.97 Å². The average molecular weight is 176 g/mol. The van der Waals surface area contributed by atoms with Crippen molar-refractivity contribution >= 4 is 0 Å². The zero-order chi connectivity index (χ0) is 9.61. The van der Waals surface area contributed by atoms with E-state index in [4.69, 9.17) is 9.47 Å². The van der Waals surface area contributed by atoms with Crippen molar-refractivity contribution in [2.75, 3.05) is 14.2 Å². The molecule has 0 fully saturated rings. The molecule has 0 saturated carbocycles. The van der Waals surface area contributed by atoms with Gasteiger partial charge in [-0.2, -0.15) is 0 Å². The Kier molecular flexibility index (Phi) is 5.46. The number of hydrogen-bond acceptors (Lipinski definition) is 3. The molecule has 0 spiro atoms. The summed E-state index contributed by atoms with van der Waals surface area (Å²) >= 11 is 0. The highest BCUT2D eigenvalue weighted by Crippen LogP contribution is 2.19. The summed E-state index contributed by atoms with van der Waals surface area (Å²) in [6, 6.07) is 0. The fourth-order valence-corrected chi connectivity index (χ4v) is 0.920. The van der Waals surface area contributed by atoms with Crippen molar-refractivity contribution in [1.29, 1.82) is 0 Å². The minimum absolute atomic E-state index is 0.523.